The largest absolute Gasteiger partial charge is 0.493 e. The fourth-order valence-electron chi connectivity index (χ4n) is 3.52. The van der Waals surface area contributed by atoms with Gasteiger partial charge in [0.15, 0.2) is 11.5 Å². The second kappa shape index (κ2) is 13.7. The number of urea groups is 1. The minimum atomic E-state index is -0.771. The maximum absolute atomic E-state index is 13.3. The molecule has 0 atom stereocenters. The Balaban J connectivity index is 0.00000127. The number of carbonyl (C=O) groups excluding carboxylic acids is 1. The van der Waals surface area contributed by atoms with Gasteiger partial charge < -0.3 is 25.4 Å². The van der Waals surface area contributed by atoms with Crippen LogP contribution in [-0.4, -0.2) is 36.8 Å². The molecule has 0 radical (unpaired) electrons. The second-order valence-electron chi connectivity index (χ2n) is 8.26. The van der Waals surface area contributed by atoms with Gasteiger partial charge in [-0.2, -0.15) is 0 Å². The summed E-state index contributed by atoms with van der Waals surface area (Å²) in [6.45, 7) is 4.86. The van der Waals surface area contributed by atoms with Gasteiger partial charge in [0, 0.05) is 35.4 Å². The van der Waals surface area contributed by atoms with E-state index in [4.69, 9.17) is 9.47 Å². The molecule has 0 aliphatic carbocycles. The number of methoxy groups -OCH3 is 2. The van der Waals surface area contributed by atoms with Crippen LogP contribution >= 0.6 is 0 Å². The Hall–Kier alpha value is -4.47. The molecule has 2 amide bonds. The Morgan fingerprint density at radius 1 is 0.842 bits per heavy atom. The Bertz CT molecular complexity index is 1350. The summed E-state index contributed by atoms with van der Waals surface area (Å²) in [6.07, 6.45) is 3.44. The molecule has 0 saturated heterocycles. The highest BCUT2D eigenvalue weighted by Crippen LogP contribution is 2.33. The van der Waals surface area contributed by atoms with Crippen molar-refractivity contribution in [3.63, 3.8) is 0 Å². The van der Waals surface area contributed by atoms with Crippen molar-refractivity contribution < 1.29 is 23.0 Å². The standard InChI is InChI=1S/C25H23F2N5O3.C3H8/c1-34-22-12-20-21(13-23(22)35-2)29-14-30-24(20)28-8-7-15-3-5-18(6-4-15)31-25(33)32-19-10-16(26)9-17(27)11-19;1-3-2/h3-6,9-14H,7-8H2,1-2H3,(H,28,29,30)(H2,31,32,33);3H2,1-2H3. The number of hydrogen-bond acceptors (Lipinski definition) is 6. The Kier molecular flexibility index (Phi) is 10.2. The molecule has 0 aliphatic heterocycles. The number of fused-ring (bicyclic) bond motifs is 1. The summed E-state index contributed by atoms with van der Waals surface area (Å²) in [7, 11) is 3.15. The van der Waals surface area contributed by atoms with Gasteiger partial charge >= 0.3 is 6.03 Å². The highest BCUT2D eigenvalue weighted by molar-refractivity contribution is 5.99. The number of benzene rings is 3. The van der Waals surface area contributed by atoms with E-state index in [9.17, 15) is 13.6 Å². The van der Waals surface area contributed by atoms with Gasteiger partial charge in [0.1, 0.15) is 23.8 Å². The summed E-state index contributed by atoms with van der Waals surface area (Å²) < 4.78 is 37.2. The van der Waals surface area contributed by atoms with Crippen LogP contribution in [0.3, 0.4) is 0 Å². The van der Waals surface area contributed by atoms with E-state index in [1.165, 1.54) is 12.7 Å². The third kappa shape index (κ3) is 7.76. The van der Waals surface area contributed by atoms with Gasteiger partial charge in [-0.05, 0) is 42.3 Å². The molecule has 1 aromatic heterocycles. The number of anilines is 3. The first-order valence-electron chi connectivity index (χ1n) is 12.1. The van der Waals surface area contributed by atoms with Gasteiger partial charge in [0.25, 0.3) is 0 Å². The SMILES string of the molecule is CCC.COc1cc2ncnc(NCCc3ccc(NC(=O)Nc4cc(F)cc(F)c4)cc3)c2cc1OC. The quantitative estimate of drug-likeness (QED) is 0.240. The highest BCUT2D eigenvalue weighted by atomic mass is 19.1. The molecule has 3 aromatic carbocycles. The van der Waals surface area contributed by atoms with Crippen molar-refractivity contribution in [2.75, 3.05) is 36.7 Å². The van der Waals surface area contributed by atoms with E-state index >= 15 is 0 Å². The first-order chi connectivity index (χ1) is 18.4. The zero-order valence-electron chi connectivity index (χ0n) is 21.8. The topological polar surface area (TPSA) is 97.4 Å². The molecule has 8 nitrogen and oxygen atoms in total. The third-order valence-electron chi connectivity index (χ3n) is 5.18. The number of nitrogens with zero attached hydrogens (tertiary/aromatic N) is 2. The van der Waals surface area contributed by atoms with Crippen molar-refractivity contribution in [1.29, 1.82) is 0 Å². The Morgan fingerprint density at radius 2 is 1.45 bits per heavy atom. The summed E-state index contributed by atoms with van der Waals surface area (Å²) in [5.74, 6) is 0.321. The van der Waals surface area contributed by atoms with E-state index < -0.39 is 17.7 Å². The van der Waals surface area contributed by atoms with E-state index in [0.29, 0.717) is 36.0 Å². The zero-order chi connectivity index (χ0) is 27.5. The van der Waals surface area contributed by atoms with Gasteiger partial charge in [-0.15, -0.1) is 0 Å². The van der Waals surface area contributed by atoms with Crippen molar-refractivity contribution in [2.45, 2.75) is 26.7 Å². The zero-order valence-corrected chi connectivity index (χ0v) is 21.8. The maximum atomic E-state index is 13.3. The fourth-order valence-corrected chi connectivity index (χ4v) is 3.52. The predicted octanol–water partition coefficient (Wildman–Crippen LogP) is 6.64. The molecule has 10 heteroatoms. The lowest BCUT2D eigenvalue weighted by Gasteiger charge is -2.12. The summed E-state index contributed by atoms with van der Waals surface area (Å²) in [6, 6.07) is 13.1. The van der Waals surface area contributed by atoms with Crippen molar-refractivity contribution in [3.8, 4) is 11.5 Å². The van der Waals surface area contributed by atoms with Crippen LogP contribution in [0.15, 0.2) is 60.9 Å². The normalized spacial score (nSPS) is 10.3. The lowest BCUT2D eigenvalue weighted by atomic mass is 10.1. The molecular weight excluding hydrogens is 492 g/mol. The Morgan fingerprint density at radius 3 is 2.08 bits per heavy atom. The molecule has 4 rings (SSSR count). The number of rotatable bonds is 8. The molecule has 0 saturated carbocycles. The monoisotopic (exact) mass is 523 g/mol. The van der Waals surface area contributed by atoms with E-state index in [-0.39, 0.29) is 5.69 Å². The molecule has 0 spiro atoms. The molecule has 0 aliphatic rings. The maximum Gasteiger partial charge on any atom is 0.323 e. The molecular formula is C28H31F2N5O3. The van der Waals surface area contributed by atoms with Crippen LogP contribution in [0.2, 0.25) is 0 Å². The minimum Gasteiger partial charge on any atom is -0.493 e. The van der Waals surface area contributed by atoms with Crippen LogP contribution in [0.5, 0.6) is 11.5 Å². The second-order valence-corrected chi connectivity index (χ2v) is 8.26. The molecule has 0 fully saturated rings. The van der Waals surface area contributed by atoms with E-state index in [0.717, 1.165) is 34.7 Å². The summed E-state index contributed by atoms with van der Waals surface area (Å²) >= 11 is 0. The molecule has 200 valence electrons. The first-order valence-corrected chi connectivity index (χ1v) is 12.1. The van der Waals surface area contributed by atoms with E-state index in [1.54, 1.807) is 32.4 Å². The highest BCUT2D eigenvalue weighted by Gasteiger charge is 2.11. The molecule has 38 heavy (non-hydrogen) atoms. The third-order valence-corrected chi connectivity index (χ3v) is 5.18. The summed E-state index contributed by atoms with van der Waals surface area (Å²) in [5.41, 5.74) is 2.33. The van der Waals surface area contributed by atoms with Crippen LogP contribution in [0.25, 0.3) is 10.9 Å². The molecule has 0 unspecified atom stereocenters. The minimum absolute atomic E-state index is 0.0241. The van der Waals surface area contributed by atoms with Crippen LogP contribution in [-0.2, 0) is 6.42 Å². The predicted molar refractivity (Wildman–Crippen MR) is 146 cm³/mol. The number of halogens is 2. The summed E-state index contributed by atoms with van der Waals surface area (Å²) in [5, 5.41) is 9.16. The molecule has 3 N–H and O–H groups in total. The lowest BCUT2D eigenvalue weighted by molar-refractivity contribution is 0.262. The number of carbonyl (C=O) groups is 1. The van der Waals surface area contributed by atoms with Gasteiger partial charge in [-0.25, -0.2) is 23.5 Å². The number of hydrogen-bond donors (Lipinski definition) is 3. The van der Waals surface area contributed by atoms with Crippen molar-refractivity contribution >= 4 is 34.1 Å². The molecule has 1 heterocycles. The molecule has 4 aromatic rings. The van der Waals surface area contributed by atoms with Crippen LogP contribution in [0, 0.1) is 11.6 Å². The van der Waals surface area contributed by atoms with Crippen LogP contribution < -0.4 is 25.4 Å². The van der Waals surface area contributed by atoms with Crippen molar-refractivity contribution in [2.24, 2.45) is 0 Å². The number of nitrogens with one attached hydrogen (secondary N) is 3. The number of aromatic nitrogens is 2. The first kappa shape index (κ1) is 28.1. The average Bonchev–Trinajstić information content (AvgIpc) is 2.88. The van der Waals surface area contributed by atoms with Crippen LogP contribution in [0.1, 0.15) is 25.8 Å². The van der Waals surface area contributed by atoms with Gasteiger partial charge in [-0.1, -0.05) is 32.4 Å². The van der Waals surface area contributed by atoms with Gasteiger partial charge in [-0.3, -0.25) is 0 Å². The smallest absolute Gasteiger partial charge is 0.323 e. The van der Waals surface area contributed by atoms with E-state index in [2.05, 4.69) is 39.8 Å². The molecule has 0 bridgehead atoms. The van der Waals surface area contributed by atoms with Gasteiger partial charge in [0.05, 0.1) is 19.7 Å². The average molecular weight is 524 g/mol. The van der Waals surface area contributed by atoms with Gasteiger partial charge in [0.2, 0.25) is 0 Å². The van der Waals surface area contributed by atoms with E-state index in [1.807, 2.05) is 18.2 Å². The fraction of sp³-hybridized carbons (Fsp3) is 0.250. The Labute approximate surface area is 220 Å². The number of amides is 2. The number of ether oxygens (including phenoxy) is 2. The van der Waals surface area contributed by atoms with Crippen molar-refractivity contribution in [3.05, 3.63) is 78.1 Å². The summed E-state index contributed by atoms with van der Waals surface area (Å²) in [4.78, 5) is 20.7. The lowest BCUT2D eigenvalue weighted by Crippen LogP contribution is -2.19. The van der Waals surface area contributed by atoms with Crippen molar-refractivity contribution in [1.82, 2.24) is 9.97 Å². The van der Waals surface area contributed by atoms with Crippen LogP contribution in [0.4, 0.5) is 30.8 Å².